The minimum Gasteiger partial charge on any atom is -0.378 e. The number of nitrogens with one attached hydrogen (secondary N) is 1. The molecule has 4 nitrogen and oxygen atoms in total. The van der Waals surface area contributed by atoms with Gasteiger partial charge in [-0.25, -0.2) is 4.99 Å². The number of benzene rings is 2. The topological polar surface area (TPSA) is 51.4 Å². The van der Waals surface area contributed by atoms with Crippen molar-refractivity contribution in [3.8, 4) is 6.07 Å². The van der Waals surface area contributed by atoms with Crippen molar-refractivity contribution in [3.05, 3.63) is 59.7 Å². The van der Waals surface area contributed by atoms with Gasteiger partial charge in [0.1, 0.15) is 6.07 Å². The van der Waals surface area contributed by atoms with E-state index in [2.05, 4.69) is 16.4 Å². The molecule has 114 valence electrons. The third kappa shape index (κ3) is 3.24. The first-order valence-electron chi connectivity index (χ1n) is 7.47. The van der Waals surface area contributed by atoms with E-state index < -0.39 is 0 Å². The zero-order valence-electron chi connectivity index (χ0n) is 13.2. The minimum absolute atomic E-state index is 0.562. The normalized spacial score (nSPS) is 13.4. The summed E-state index contributed by atoms with van der Waals surface area (Å²) in [5.74, 6) is 0. The molecule has 1 aliphatic heterocycles. The average Bonchev–Trinajstić information content (AvgIpc) is 2.59. The summed E-state index contributed by atoms with van der Waals surface area (Å²) in [6, 6.07) is 18.2. The Morgan fingerprint density at radius 2 is 1.91 bits per heavy atom. The summed E-state index contributed by atoms with van der Waals surface area (Å²) in [6.45, 7) is 0.562. The fourth-order valence-corrected chi connectivity index (χ4v) is 2.46. The number of fused-ring (bicyclic) bond motifs is 1. The second kappa shape index (κ2) is 6.37. The van der Waals surface area contributed by atoms with Crippen molar-refractivity contribution in [3.63, 3.8) is 0 Å². The number of nitriles is 1. The molecule has 3 rings (SSSR count). The van der Waals surface area contributed by atoms with Gasteiger partial charge in [0.2, 0.25) is 0 Å². The van der Waals surface area contributed by atoms with Crippen LogP contribution in [0.4, 0.5) is 17.1 Å². The highest BCUT2D eigenvalue weighted by Gasteiger charge is 2.14. The summed E-state index contributed by atoms with van der Waals surface area (Å²) in [5.41, 5.74) is 5.36. The molecule has 0 spiro atoms. The van der Waals surface area contributed by atoms with E-state index in [1.54, 1.807) is 0 Å². The van der Waals surface area contributed by atoms with Gasteiger partial charge in [-0.1, -0.05) is 24.3 Å². The molecule has 0 atom stereocenters. The average molecular weight is 302 g/mol. The van der Waals surface area contributed by atoms with Crippen LogP contribution in [0, 0.1) is 11.3 Å². The van der Waals surface area contributed by atoms with Crippen molar-refractivity contribution >= 4 is 28.8 Å². The van der Waals surface area contributed by atoms with Gasteiger partial charge in [0.15, 0.2) is 0 Å². The monoisotopic (exact) mass is 302 g/mol. The minimum atomic E-state index is 0.562. The first-order valence-corrected chi connectivity index (χ1v) is 7.47. The molecule has 0 aromatic heterocycles. The third-order valence-electron chi connectivity index (χ3n) is 3.76. The Hall–Kier alpha value is -3.06. The molecule has 0 radical (unpaired) electrons. The van der Waals surface area contributed by atoms with E-state index in [1.807, 2.05) is 73.6 Å². The number of hydrogen-bond acceptors (Lipinski definition) is 4. The van der Waals surface area contributed by atoms with Gasteiger partial charge in [-0.15, -0.1) is 0 Å². The molecular formula is C19H18N4. The van der Waals surface area contributed by atoms with Crippen LogP contribution in [-0.2, 0) is 0 Å². The number of para-hydroxylation sites is 2. The number of nitrogens with zero attached hydrogens (tertiary/aromatic N) is 3. The van der Waals surface area contributed by atoms with Crippen LogP contribution in [0.3, 0.4) is 0 Å². The van der Waals surface area contributed by atoms with Gasteiger partial charge in [0.25, 0.3) is 0 Å². The van der Waals surface area contributed by atoms with Gasteiger partial charge in [0, 0.05) is 19.8 Å². The molecule has 0 saturated carbocycles. The standard InChI is InChI=1S/C19H18N4/c1-23(2)16-9-7-14(8-10-16)11-15(12-20)19-13-21-17-5-3-4-6-18(17)22-19/h3-11,21H,13H2,1-2H3. The molecule has 0 aliphatic carbocycles. The molecule has 1 heterocycles. The lowest BCUT2D eigenvalue weighted by atomic mass is 10.1. The van der Waals surface area contributed by atoms with Crippen molar-refractivity contribution < 1.29 is 0 Å². The van der Waals surface area contributed by atoms with Gasteiger partial charge in [-0.2, -0.15) is 5.26 Å². The highest BCUT2D eigenvalue weighted by molar-refractivity contribution is 6.12. The number of aliphatic imine (C=N–C) groups is 1. The second-order valence-electron chi connectivity index (χ2n) is 5.58. The van der Waals surface area contributed by atoms with Gasteiger partial charge in [-0.05, 0) is 35.9 Å². The lowest BCUT2D eigenvalue weighted by molar-refractivity contribution is 1.13. The number of hydrogen-bond donors (Lipinski definition) is 1. The van der Waals surface area contributed by atoms with Crippen LogP contribution in [0.1, 0.15) is 5.56 Å². The van der Waals surface area contributed by atoms with E-state index in [-0.39, 0.29) is 0 Å². The Bertz CT molecular complexity index is 808. The van der Waals surface area contributed by atoms with E-state index in [9.17, 15) is 5.26 Å². The number of rotatable bonds is 3. The Morgan fingerprint density at radius 3 is 2.61 bits per heavy atom. The Kier molecular flexibility index (Phi) is 4.11. The maximum Gasteiger partial charge on any atom is 0.101 e. The maximum absolute atomic E-state index is 9.50. The van der Waals surface area contributed by atoms with Gasteiger partial charge in [0.05, 0.1) is 29.2 Å². The molecule has 2 aromatic rings. The molecule has 2 aromatic carbocycles. The van der Waals surface area contributed by atoms with Crippen LogP contribution < -0.4 is 10.2 Å². The van der Waals surface area contributed by atoms with E-state index in [0.717, 1.165) is 28.3 Å². The van der Waals surface area contributed by atoms with Crippen LogP contribution >= 0.6 is 0 Å². The van der Waals surface area contributed by atoms with Crippen molar-refractivity contribution in [1.82, 2.24) is 0 Å². The summed E-state index contributed by atoms with van der Waals surface area (Å²) in [4.78, 5) is 6.66. The van der Waals surface area contributed by atoms with Crippen molar-refractivity contribution in [2.75, 3.05) is 30.9 Å². The van der Waals surface area contributed by atoms with Crippen LogP contribution in [0.2, 0.25) is 0 Å². The smallest absolute Gasteiger partial charge is 0.101 e. The van der Waals surface area contributed by atoms with E-state index in [0.29, 0.717) is 12.1 Å². The van der Waals surface area contributed by atoms with Gasteiger partial charge in [-0.3, -0.25) is 0 Å². The van der Waals surface area contributed by atoms with Crippen molar-refractivity contribution in [2.45, 2.75) is 0 Å². The second-order valence-corrected chi connectivity index (χ2v) is 5.58. The Labute approximate surface area is 136 Å². The highest BCUT2D eigenvalue weighted by atomic mass is 15.1. The summed E-state index contributed by atoms with van der Waals surface area (Å²) >= 11 is 0. The summed E-state index contributed by atoms with van der Waals surface area (Å²) in [7, 11) is 4.01. The maximum atomic E-state index is 9.50. The molecule has 0 unspecified atom stereocenters. The fraction of sp³-hybridized carbons (Fsp3) is 0.158. The Balaban J connectivity index is 1.91. The molecule has 4 heteroatoms. The largest absolute Gasteiger partial charge is 0.378 e. The van der Waals surface area contributed by atoms with Gasteiger partial charge < -0.3 is 10.2 Å². The fourth-order valence-electron chi connectivity index (χ4n) is 2.46. The molecular weight excluding hydrogens is 284 g/mol. The quantitative estimate of drug-likeness (QED) is 0.876. The van der Waals surface area contributed by atoms with Crippen LogP contribution in [-0.4, -0.2) is 26.4 Å². The zero-order chi connectivity index (χ0) is 16.2. The molecule has 23 heavy (non-hydrogen) atoms. The molecule has 1 N–H and O–H groups in total. The number of anilines is 2. The SMILES string of the molecule is CN(C)c1ccc(C=C(C#N)C2=Nc3ccccc3NC2)cc1. The predicted octanol–water partition coefficient (Wildman–Crippen LogP) is 3.86. The van der Waals surface area contributed by atoms with E-state index in [4.69, 9.17) is 0 Å². The molecule has 0 saturated heterocycles. The van der Waals surface area contributed by atoms with E-state index >= 15 is 0 Å². The van der Waals surface area contributed by atoms with E-state index in [1.165, 1.54) is 0 Å². The third-order valence-corrected chi connectivity index (χ3v) is 3.76. The van der Waals surface area contributed by atoms with Crippen LogP contribution in [0.15, 0.2) is 59.1 Å². The van der Waals surface area contributed by atoms with Crippen molar-refractivity contribution in [2.24, 2.45) is 4.99 Å². The zero-order valence-corrected chi connectivity index (χ0v) is 13.2. The highest BCUT2D eigenvalue weighted by Crippen LogP contribution is 2.28. The Morgan fingerprint density at radius 1 is 1.17 bits per heavy atom. The van der Waals surface area contributed by atoms with Crippen molar-refractivity contribution in [1.29, 1.82) is 5.26 Å². The van der Waals surface area contributed by atoms with Crippen LogP contribution in [0.5, 0.6) is 0 Å². The molecule has 0 bridgehead atoms. The predicted molar refractivity (Wildman–Crippen MR) is 96.4 cm³/mol. The summed E-state index contributed by atoms with van der Waals surface area (Å²) in [6.07, 6.45) is 1.88. The molecule has 0 fully saturated rings. The summed E-state index contributed by atoms with van der Waals surface area (Å²) < 4.78 is 0. The first-order chi connectivity index (χ1) is 11.2. The van der Waals surface area contributed by atoms with Crippen LogP contribution in [0.25, 0.3) is 6.08 Å². The lowest BCUT2D eigenvalue weighted by Crippen LogP contribution is -2.19. The lowest BCUT2D eigenvalue weighted by Gasteiger charge is -2.17. The summed E-state index contributed by atoms with van der Waals surface area (Å²) in [5, 5.41) is 12.8. The first kappa shape index (κ1) is 14.9. The molecule has 1 aliphatic rings. The molecule has 0 amide bonds. The van der Waals surface area contributed by atoms with Gasteiger partial charge >= 0.3 is 0 Å².